The first kappa shape index (κ1) is 16.8. The summed E-state index contributed by atoms with van der Waals surface area (Å²) >= 11 is 14.1. The molecule has 0 saturated heterocycles. The summed E-state index contributed by atoms with van der Waals surface area (Å²) in [4.78, 5) is 3.70. The third kappa shape index (κ3) is 4.21. The lowest BCUT2D eigenvalue weighted by Gasteiger charge is -2.34. The van der Waals surface area contributed by atoms with E-state index in [1.807, 2.05) is 12.1 Å². The van der Waals surface area contributed by atoms with Gasteiger partial charge in [-0.25, -0.2) is 0 Å². The molecule has 2 N–H and O–H groups in total. The molecule has 1 unspecified atom stereocenters. The van der Waals surface area contributed by atoms with Crippen LogP contribution in [0.1, 0.15) is 30.3 Å². The normalized spacial score (nSPS) is 13.1. The molecule has 0 radical (unpaired) electrons. The summed E-state index contributed by atoms with van der Waals surface area (Å²) in [6.45, 7) is 5.75. The maximum absolute atomic E-state index is 6.37. The molecule has 2 nitrogen and oxygen atoms in total. The molecule has 0 fully saturated rings. The van der Waals surface area contributed by atoms with Crippen molar-refractivity contribution in [2.45, 2.75) is 32.5 Å². The highest BCUT2D eigenvalue weighted by atomic mass is 35.5. The van der Waals surface area contributed by atoms with Gasteiger partial charge in [0.25, 0.3) is 0 Å². The minimum Gasteiger partial charge on any atom is -0.329 e. The lowest BCUT2D eigenvalue weighted by atomic mass is 10.0. The lowest BCUT2D eigenvalue weighted by Crippen LogP contribution is -2.38. The molecule has 1 atom stereocenters. The molecule has 0 aliphatic heterocycles. The van der Waals surface area contributed by atoms with E-state index >= 15 is 0 Å². The number of nitrogens with two attached hydrogens (primary N) is 1. The van der Waals surface area contributed by atoms with Crippen molar-refractivity contribution in [1.82, 2.24) is 4.90 Å². The first-order valence-corrected chi connectivity index (χ1v) is 8.59. The maximum atomic E-state index is 6.37. The van der Waals surface area contributed by atoms with E-state index < -0.39 is 0 Å². The molecule has 0 amide bonds. The molecule has 0 aliphatic rings. The summed E-state index contributed by atoms with van der Waals surface area (Å²) in [6, 6.07) is 10.3. The summed E-state index contributed by atoms with van der Waals surface area (Å²) < 4.78 is 0. The molecule has 1 aromatic carbocycles. The predicted molar refractivity (Wildman–Crippen MR) is 93.3 cm³/mol. The van der Waals surface area contributed by atoms with Crippen LogP contribution in [0.25, 0.3) is 0 Å². The van der Waals surface area contributed by atoms with Crippen molar-refractivity contribution >= 4 is 34.5 Å². The Kier molecular flexibility index (Phi) is 6.08. The van der Waals surface area contributed by atoms with Crippen molar-refractivity contribution in [2.75, 3.05) is 6.54 Å². The zero-order valence-electron chi connectivity index (χ0n) is 12.2. The predicted octanol–water partition coefficient (Wildman–Crippen LogP) is 4.97. The number of halogens is 2. The van der Waals surface area contributed by atoms with Gasteiger partial charge in [0.05, 0.1) is 0 Å². The second-order valence-corrected chi connectivity index (χ2v) is 7.14. The van der Waals surface area contributed by atoms with Crippen LogP contribution < -0.4 is 5.73 Å². The standard InChI is InChI=1S/C16H20Cl2N2S/c1-11(2)20(10-13-4-3-7-21-13)16(9-19)14-6-5-12(17)8-15(14)18/h3-8,11,16H,9-10,19H2,1-2H3. The van der Waals surface area contributed by atoms with Crippen LogP contribution in [-0.2, 0) is 6.54 Å². The van der Waals surface area contributed by atoms with Gasteiger partial charge in [-0.05, 0) is 43.0 Å². The van der Waals surface area contributed by atoms with Gasteiger partial charge in [-0.2, -0.15) is 0 Å². The van der Waals surface area contributed by atoms with Gasteiger partial charge in [0.15, 0.2) is 0 Å². The van der Waals surface area contributed by atoms with Gasteiger partial charge in [-0.15, -0.1) is 11.3 Å². The quantitative estimate of drug-likeness (QED) is 0.803. The topological polar surface area (TPSA) is 29.3 Å². The lowest BCUT2D eigenvalue weighted by molar-refractivity contribution is 0.149. The van der Waals surface area contributed by atoms with Gasteiger partial charge in [-0.1, -0.05) is 35.3 Å². The van der Waals surface area contributed by atoms with Crippen molar-refractivity contribution in [3.05, 3.63) is 56.2 Å². The summed E-state index contributed by atoms with van der Waals surface area (Å²) in [5.41, 5.74) is 7.09. The van der Waals surface area contributed by atoms with E-state index in [4.69, 9.17) is 28.9 Å². The number of hydrogen-bond donors (Lipinski definition) is 1. The van der Waals surface area contributed by atoms with Crippen molar-refractivity contribution < 1.29 is 0 Å². The second kappa shape index (κ2) is 7.61. The van der Waals surface area contributed by atoms with Crippen molar-refractivity contribution in [3.8, 4) is 0 Å². The zero-order valence-corrected chi connectivity index (χ0v) is 14.6. The average molecular weight is 343 g/mol. The monoisotopic (exact) mass is 342 g/mol. The first-order chi connectivity index (χ1) is 10.0. The number of nitrogens with zero attached hydrogens (tertiary/aromatic N) is 1. The second-order valence-electron chi connectivity index (χ2n) is 5.26. The summed E-state index contributed by atoms with van der Waals surface area (Å²) in [7, 11) is 0. The average Bonchev–Trinajstić information content (AvgIpc) is 2.93. The molecular weight excluding hydrogens is 323 g/mol. The van der Waals surface area contributed by atoms with Crippen molar-refractivity contribution in [3.63, 3.8) is 0 Å². The van der Waals surface area contributed by atoms with Crippen LogP contribution >= 0.6 is 34.5 Å². The highest BCUT2D eigenvalue weighted by Crippen LogP contribution is 2.32. The van der Waals surface area contributed by atoms with Crippen molar-refractivity contribution in [2.24, 2.45) is 5.73 Å². The van der Waals surface area contributed by atoms with Crippen LogP contribution in [-0.4, -0.2) is 17.5 Å². The third-order valence-corrected chi connectivity index (χ3v) is 4.95. The van der Waals surface area contributed by atoms with Gasteiger partial charge < -0.3 is 5.73 Å². The Hall–Kier alpha value is -0.580. The van der Waals surface area contributed by atoms with Gasteiger partial charge in [0.2, 0.25) is 0 Å². The Bertz CT molecular complexity index is 570. The summed E-state index contributed by atoms with van der Waals surface area (Å²) in [6.07, 6.45) is 0. The molecule has 21 heavy (non-hydrogen) atoms. The van der Waals surface area contributed by atoms with Crippen LogP contribution in [0.5, 0.6) is 0 Å². The Balaban J connectivity index is 2.31. The SMILES string of the molecule is CC(C)N(Cc1cccs1)C(CN)c1ccc(Cl)cc1Cl. The van der Waals surface area contributed by atoms with Crippen LogP contribution in [0, 0.1) is 0 Å². The van der Waals surface area contributed by atoms with Crippen molar-refractivity contribution in [1.29, 1.82) is 0 Å². The molecule has 5 heteroatoms. The Labute approximate surface area is 140 Å². The van der Waals surface area contributed by atoms with E-state index in [1.54, 1.807) is 17.4 Å². The number of hydrogen-bond acceptors (Lipinski definition) is 3. The summed E-state index contributed by atoms with van der Waals surface area (Å²) in [5, 5.41) is 3.42. The summed E-state index contributed by atoms with van der Waals surface area (Å²) in [5.74, 6) is 0. The zero-order chi connectivity index (χ0) is 15.4. The number of benzene rings is 1. The molecule has 2 aromatic rings. The van der Waals surface area contributed by atoms with E-state index in [1.165, 1.54) is 4.88 Å². The van der Waals surface area contributed by atoms with E-state index in [2.05, 4.69) is 36.3 Å². The maximum Gasteiger partial charge on any atom is 0.0491 e. The van der Waals surface area contributed by atoms with Crippen LogP contribution in [0.4, 0.5) is 0 Å². The fourth-order valence-electron chi connectivity index (χ4n) is 2.45. The third-order valence-electron chi connectivity index (χ3n) is 3.53. The molecule has 114 valence electrons. The van der Waals surface area contributed by atoms with Gasteiger partial charge in [0.1, 0.15) is 0 Å². The van der Waals surface area contributed by atoms with Crippen LogP contribution in [0.15, 0.2) is 35.7 Å². The molecule has 2 rings (SSSR count). The largest absolute Gasteiger partial charge is 0.329 e. The van der Waals surface area contributed by atoms with E-state index in [0.717, 1.165) is 12.1 Å². The number of thiophene rings is 1. The van der Waals surface area contributed by atoms with E-state index in [9.17, 15) is 0 Å². The Morgan fingerprint density at radius 2 is 2.00 bits per heavy atom. The number of rotatable bonds is 6. The van der Waals surface area contributed by atoms with Gasteiger partial charge in [0, 0.05) is 40.1 Å². The molecule has 1 aromatic heterocycles. The molecule has 0 bridgehead atoms. The molecule has 0 spiro atoms. The van der Waals surface area contributed by atoms with Crippen LogP contribution in [0.2, 0.25) is 10.0 Å². The fraction of sp³-hybridized carbons (Fsp3) is 0.375. The smallest absolute Gasteiger partial charge is 0.0491 e. The minimum absolute atomic E-state index is 0.0804. The van der Waals surface area contributed by atoms with E-state index in [0.29, 0.717) is 22.6 Å². The van der Waals surface area contributed by atoms with Gasteiger partial charge in [-0.3, -0.25) is 4.90 Å². The highest BCUT2D eigenvalue weighted by molar-refractivity contribution is 7.09. The fourth-order valence-corrected chi connectivity index (χ4v) is 3.70. The Morgan fingerprint density at radius 1 is 1.24 bits per heavy atom. The van der Waals surface area contributed by atoms with Gasteiger partial charge >= 0.3 is 0 Å². The molecule has 1 heterocycles. The van der Waals surface area contributed by atoms with Crippen LogP contribution in [0.3, 0.4) is 0 Å². The Morgan fingerprint density at radius 3 is 2.52 bits per heavy atom. The molecule has 0 aliphatic carbocycles. The molecular formula is C16H20Cl2N2S. The highest BCUT2D eigenvalue weighted by Gasteiger charge is 2.24. The first-order valence-electron chi connectivity index (χ1n) is 6.96. The minimum atomic E-state index is 0.0804. The van der Waals surface area contributed by atoms with E-state index in [-0.39, 0.29) is 6.04 Å². The molecule has 0 saturated carbocycles.